The highest BCUT2D eigenvalue weighted by Crippen LogP contribution is 2.33. The lowest BCUT2D eigenvalue weighted by Crippen LogP contribution is -2.59. The van der Waals surface area contributed by atoms with Crippen LogP contribution in [0.2, 0.25) is 0 Å². The molecule has 2 rings (SSSR count). The minimum atomic E-state index is -0.209. The molecule has 2 nitrogen and oxygen atoms in total. The van der Waals surface area contributed by atoms with Crippen LogP contribution in [0.25, 0.3) is 0 Å². The van der Waals surface area contributed by atoms with E-state index in [-0.39, 0.29) is 17.4 Å². The quantitative estimate of drug-likeness (QED) is 0.830. The van der Waals surface area contributed by atoms with Crippen LogP contribution in [0.4, 0.5) is 4.39 Å². The number of rotatable bonds is 6. The number of nitrogens with two attached hydrogens (primary N) is 1. The number of halogens is 2. The lowest BCUT2D eigenvalue weighted by atomic mass is 9.80. The van der Waals surface area contributed by atoms with Gasteiger partial charge in [-0.05, 0) is 72.8 Å². The van der Waals surface area contributed by atoms with Gasteiger partial charge in [-0.25, -0.2) is 4.39 Å². The van der Waals surface area contributed by atoms with Gasteiger partial charge < -0.3 is 5.73 Å². The van der Waals surface area contributed by atoms with Crippen LogP contribution < -0.4 is 5.73 Å². The monoisotopic (exact) mass is 356 g/mol. The minimum Gasteiger partial charge on any atom is -0.326 e. The molecule has 0 aromatic heterocycles. The molecule has 1 unspecified atom stereocenters. The van der Waals surface area contributed by atoms with Crippen molar-refractivity contribution >= 4 is 15.9 Å². The van der Waals surface area contributed by atoms with Crippen molar-refractivity contribution in [2.24, 2.45) is 5.73 Å². The van der Waals surface area contributed by atoms with E-state index in [1.807, 2.05) is 6.07 Å². The Morgan fingerprint density at radius 3 is 2.48 bits per heavy atom. The topological polar surface area (TPSA) is 29.3 Å². The van der Waals surface area contributed by atoms with Gasteiger partial charge in [0.15, 0.2) is 0 Å². The van der Waals surface area contributed by atoms with Crippen molar-refractivity contribution < 1.29 is 4.39 Å². The van der Waals surface area contributed by atoms with E-state index in [4.69, 9.17) is 5.73 Å². The van der Waals surface area contributed by atoms with Crippen LogP contribution in [0.15, 0.2) is 22.7 Å². The molecule has 1 aromatic rings. The van der Waals surface area contributed by atoms with Crippen LogP contribution in [0, 0.1) is 5.82 Å². The second kappa shape index (κ2) is 7.21. The summed E-state index contributed by atoms with van der Waals surface area (Å²) in [5.74, 6) is -0.209. The van der Waals surface area contributed by atoms with E-state index in [9.17, 15) is 4.39 Å². The number of nitrogens with zero attached hydrogens (tertiary/aromatic N) is 1. The predicted molar refractivity (Wildman–Crippen MR) is 89.9 cm³/mol. The van der Waals surface area contributed by atoms with E-state index in [1.54, 1.807) is 6.07 Å². The van der Waals surface area contributed by atoms with Crippen molar-refractivity contribution in [2.45, 2.75) is 57.5 Å². The molecule has 4 heteroatoms. The average Bonchev–Trinajstić information content (AvgIpc) is 3.00. The first-order valence-electron chi connectivity index (χ1n) is 7.98. The second-order valence-electron chi connectivity index (χ2n) is 6.03. The zero-order chi connectivity index (χ0) is 15.5. The summed E-state index contributed by atoms with van der Waals surface area (Å²) >= 11 is 3.36. The van der Waals surface area contributed by atoms with Crippen molar-refractivity contribution in [3.05, 3.63) is 34.1 Å². The Bertz CT molecular complexity index is 468. The van der Waals surface area contributed by atoms with Crippen LogP contribution >= 0.6 is 15.9 Å². The molecule has 118 valence electrons. The first-order chi connectivity index (χ1) is 10.0. The molecule has 0 aliphatic carbocycles. The van der Waals surface area contributed by atoms with Gasteiger partial charge in [-0.2, -0.15) is 0 Å². The van der Waals surface area contributed by atoms with Gasteiger partial charge in [0, 0.05) is 11.6 Å². The zero-order valence-corrected chi connectivity index (χ0v) is 14.6. The Balaban J connectivity index is 2.22. The molecular formula is C17H26BrFN2. The highest BCUT2D eigenvalue weighted by Gasteiger charge is 2.40. The van der Waals surface area contributed by atoms with Crippen molar-refractivity contribution in [3.8, 4) is 0 Å². The van der Waals surface area contributed by atoms with E-state index >= 15 is 0 Å². The largest absolute Gasteiger partial charge is 0.326 e. The van der Waals surface area contributed by atoms with E-state index in [2.05, 4.69) is 34.7 Å². The average molecular weight is 357 g/mol. The van der Waals surface area contributed by atoms with Crippen molar-refractivity contribution in [3.63, 3.8) is 0 Å². The highest BCUT2D eigenvalue weighted by molar-refractivity contribution is 9.10. The normalized spacial score (nSPS) is 18.1. The Morgan fingerprint density at radius 2 is 1.90 bits per heavy atom. The summed E-state index contributed by atoms with van der Waals surface area (Å²) in [7, 11) is 0. The highest BCUT2D eigenvalue weighted by atomic mass is 79.9. The molecule has 0 bridgehead atoms. The first-order valence-corrected chi connectivity index (χ1v) is 8.78. The summed E-state index contributed by atoms with van der Waals surface area (Å²) in [6, 6.07) is 5.22. The third kappa shape index (κ3) is 3.33. The number of likely N-dealkylation sites (tertiary alicyclic amines) is 1. The molecule has 21 heavy (non-hydrogen) atoms. The maximum absolute atomic E-state index is 13.7. The van der Waals surface area contributed by atoms with E-state index in [0.717, 1.165) is 31.5 Å². The van der Waals surface area contributed by atoms with Crippen LogP contribution in [0.1, 0.15) is 45.1 Å². The van der Waals surface area contributed by atoms with Gasteiger partial charge in [-0.15, -0.1) is 0 Å². The molecule has 1 aromatic carbocycles. The van der Waals surface area contributed by atoms with E-state index < -0.39 is 0 Å². The number of hydrogen-bond donors (Lipinski definition) is 1. The van der Waals surface area contributed by atoms with Gasteiger partial charge in [0.25, 0.3) is 0 Å². The molecule has 0 spiro atoms. The smallest absolute Gasteiger partial charge is 0.137 e. The molecule has 0 amide bonds. The third-order valence-corrected chi connectivity index (χ3v) is 6.01. The Hall–Kier alpha value is -0.450. The van der Waals surface area contributed by atoms with E-state index in [1.165, 1.54) is 18.9 Å². The maximum atomic E-state index is 13.7. The van der Waals surface area contributed by atoms with Crippen LogP contribution in [-0.4, -0.2) is 29.6 Å². The standard InChI is InChI=1S/C17H26BrFN2/c1-3-17(4-2,21-10-5-6-11-21)15(20)12-13-8-7-9-14(19)16(13)18/h7-9,15H,3-6,10-12,20H2,1-2H3. The molecule has 1 heterocycles. The van der Waals surface area contributed by atoms with Crippen LogP contribution in [0.5, 0.6) is 0 Å². The molecule has 0 saturated carbocycles. The maximum Gasteiger partial charge on any atom is 0.137 e. The van der Waals surface area contributed by atoms with Crippen LogP contribution in [-0.2, 0) is 6.42 Å². The molecule has 1 aliphatic heterocycles. The lowest BCUT2D eigenvalue weighted by molar-refractivity contribution is 0.0767. The summed E-state index contributed by atoms with van der Waals surface area (Å²) in [4.78, 5) is 2.56. The fraction of sp³-hybridized carbons (Fsp3) is 0.647. The Kier molecular flexibility index (Phi) is 5.81. The Labute approximate surface area is 136 Å². The number of hydrogen-bond acceptors (Lipinski definition) is 2. The summed E-state index contributed by atoms with van der Waals surface area (Å²) in [6.07, 6.45) is 5.31. The molecular weight excluding hydrogens is 331 g/mol. The molecule has 2 N–H and O–H groups in total. The summed E-state index contributed by atoms with van der Waals surface area (Å²) in [6.45, 7) is 6.73. The van der Waals surface area contributed by atoms with Crippen molar-refractivity contribution in [2.75, 3.05) is 13.1 Å². The molecule has 0 radical (unpaired) electrons. The number of benzene rings is 1. The molecule has 1 saturated heterocycles. The van der Waals surface area contributed by atoms with Crippen molar-refractivity contribution in [1.29, 1.82) is 0 Å². The lowest BCUT2D eigenvalue weighted by Gasteiger charge is -2.45. The fourth-order valence-electron chi connectivity index (χ4n) is 3.75. The Morgan fingerprint density at radius 1 is 1.29 bits per heavy atom. The second-order valence-corrected chi connectivity index (χ2v) is 6.82. The first kappa shape index (κ1) is 16.9. The van der Waals surface area contributed by atoms with Gasteiger partial charge in [-0.1, -0.05) is 26.0 Å². The van der Waals surface area contributed by atoms with Gasteiger partial charge in [0.1, 0.15) is 5.82 Å². The SMILES string of the molecule is CCC(CC)(C(N)Cc1cccc(F)c1Br)N1CCCC1. The summed E-state index contributed by atoms with van der Waals surface area (Å²) < 4.78 is 14.3. The summed E-state index contributed by atoms with van der Waals surface area (Å²) in [5.41, 5.74) is 7.62. The molecule has 1 fully saturated rings. The molecule has 1 aliphatic rings. The van der Waals surface area contributed by atoms with Gasteiger partial charge in [0.05, 0.1) is 4.47 Å². The zero-order valence-electron chi connectivity index (χ0n) is 13.0. The van der Waals surface area contributed by atoms with Gasteiger partial charge >= 0.3 is 0 Å². The van der Waals surface area contributed by atoms with Crippen molar-refractivity contribution in [1.82, 2.24) is 4.90 Å². The molecule has 1 atom stereocenters. The van der Waals surface area contributed by atoms with E-state index in [0.29, 0.717) is 10.9 Å². The summed E-state index contributed by atoms with van der Waals surface area (Å²) in [5, 5.41) is 0. The van der Waals surface area contributed by atoms with Gasteiger partial charge in [0.2, 0.25) is 0 Å². The predicted octanol–water partition coefficient (Wildman–Crippen LogP) is 4.11. The van der Waals surface area contributed by atoms with Gasteiger partial charge in [-0.3, -0.25) is 4.90 Å². The minimum absolute atomic E-state index is 0.0173. The fourth-order valence-corrected chi connectivity index (χ4v) is 4.18. The third-order valence-electron chi connectivity index (χ3n) is 5.12. The van der Waals surface area contributed by atoms with Crippen LogP contribution in [0.3, 0.4) is 0 Å².